The van der Waals surface area contributed by atoms with E-state index in [0.29, 0.717) is 27.7 Å². The van der Waals surface area contributed by atoms with Gasteiger partial charge < -0.3 is 14.6 Å². The molecule has 3 rings (SSSR count). The summed E-state index contributed by atoms with van der Waals surface area (Å²) in [7, 11) is 1.86. The van der Waals surface area contributed by atoms with Crippen molar-refractivity contribution < 1.29 is 9.53 Å². The number of carbonyl (C=O) groups is 1. The predicted molar refractivity (Wildman–Crippen MR) is 134 cm³/mol. The number of carbonyl (C=O) groups excluding carboxylic acids is 1. The third-order valence-corrected chi connectivity index (χ3v) is 6.62. The summed E-state index contributed by atoms with van der Waals surface area (Å²) in [4.78, 5) is 12.5. The highest BCUT2D eigenvalue weighted by molar-refractivity contribution is 14.1. The lowest BCUT2D eigenvalue weighted by atomic mass is 10.0. The van der Waals surface area contributed by atoms with Crippen molar-refractivity contribution in [1.82, 2.24) is 14.8 Å². The molecule has 0 aliphatic rings. The number of anilines is 1. The molecule has 0 saturated carbocycles. The highest BCUT2D eigenvalue weighted by atomic mass is 127. The molecule has 2 aromatic carbocycles. The first-order valence-electron chi connectivity index (χ1n) is 9.78. The largest absolute Gasteiger partial charge is 0.481 e. The van der Waals surface area contributed by atoms with Gasteiger partial charge in [0.15, 0.2) is 17.1 Å². The fourth-order valence-corrected chi connectivity index (χ4v) is 4.44. The summed E-state index contributed by atoms with van der Waals surface area (Å²) in [6.45, 7) is 6.12. The van der Waals surface area contributed by atoms with Crippen molar-refractivity contribution in [3.63, 3.8) is 0 Å². The minimum Gasteiger partial charge on any atom is -0.481 e. The van der Waals surface area contributed by atoms with E-state index in [9.17, 15) is 4.79 Å². The van der Waals surface area contributed by atoms with Gasteiger partial charge in [-0.25, -0.2) is 0 Å². The number of ether oxygens (including phenoxy) is 1. The van der Waals surface area contributed by atoms with Gasteiger partial charge in [-0.1, -0.05) is 49.3 Å². The number of rotatable bonds is 8. The van der Waals surface area contributed by atoms with Crippen molar-refractivity contribution in [3.05, 3.63) is 62.4 Å². The first kappa shape index (κ1) is 23.9. The number of nitrogens with one attached hydrogen (secondary N) is 1. The number of halogens is 2. The van der Waals surface area contributed by atoms with Crippen LogP contribution in [-0.4, -0.2) is 26.4 Å². The van der Waals surface area contributed by atoms with Crippen LogP contribution in [0.15, 0.2) is 47.6 Å². The molecule has 0 radical (unpaired) electrons. The lowest BCUT2D eigenvalue weighted by molar-refractivity contribution is -0.113. The molecule has 9 heteroatoms. The maximum atomic E-state index is 12.5. The molecule has 0 spiro atoms. The SMILES string of the molecule is CC(C)c1cc(I)ccc1NC(=O)CSc1nnc([C@@H](C)Oc2ccccc2Cl)n1C. The summed E-state index contributed by atoms with van der Waals surface area (Å²) in [5.74, 6) is 1.71. The van der Waals surface area contributed by atoms with Gasteiger partial charge in [-0.05, 0) is 71.3 Å². The fraction of sp³-hybridized carbons (Fsp3) is 0.318. The summed E-state index contributed by atoms with van der Waals surface area (Å²) in [6.07, 6.45) is -0.346. The van der Waals surface area contributed by atoms with Crippen LogP contribution in [0.1, 0.15) is 44.2 Å². The quantitative estimate of drug-likeness (QED) is 0.263. The molecule has 0 bridgehead atoms. The van der Waals surface area contributed by atoms with Crippen LogP contribution < -0.4 is 10.1 Å². The lowest BCUT2D eigenvalue weighted by Gasteiger charge is -2.15. The molecule has 31 heavy (non-hydrogen) atoms. The minimum atomic E-state index is -0.346. The predicted octanol–water partition coefficient (Wildman–Crippen LogP) is 6.07. The topological polar surface area (TPSA) is 69.0 Å². The first-order chi connectivity index (χ1) is 14.8. The zero-order chi connectivity index (χ0) is 22.5. The van der Waals surface area contributed by atoms with E-state index in [1.165, 1.54) is 11.8 Å². The third kappa shape index (κ3) is 6.14. The number of hydrogen-bond acceptors (Lipinski definition) is 5. The minimum absolute atomic E-state index is 0.0852. The lowest BCUT2D eigenvalue weighted by Crippen LogP contribution is -2.16. The number of aromatic nitrogens is 3. The van der Waals surface area contributed by atoms with Crippen LogP contribution in [0.2, 0.25) is 5.02 Å². The molecule has 164 valence electrons. The zero-order valence-corrected chi connectivity index (χ0v) is 21.5. The molecule has 6 nitrogen and oxygen atoms in total. The average Bonchev–Trinajstić information content (AvgIpc) is 3.10. The molecule has 0 unspecified atom stereocenters. The van der Waals surface area contributed by atoms with Crippen molar-refractivity contribution in [1.29, 1.82) is 0 Å². The van der Waals surface area contributed by atoms with E-state index >= 15 is 0 Å². The van der Waals surface area contributed by atoms with Gasteiger partial charge >= 0.3 is 0 Å². The Morgan fingerprint density at radius 1 is 1.23 bits per heavy atom. The van der Waals surface area contributed by atoms with Gasteiger partial charge in [-0.2, -0.15) is 0 Å². The number of para-hydroxylation sites is 1. The number of nitrogens with zero attached hydrogens (tertiary/aromatic N) is 3. The second kappa shape index (κ2) is 10.7. The van der Waals surface area contributed by atoms with E-state index in [-0.39, 0.29) is 17.8 Å². The molecule has 3 aromatic rings. The summed E-state index contributed by atoms with van der Waals surface area (Å²) in [5.41, 5.74) is 1.97. The Labute approximate surface area is 205 Å². The van der Waals surface area contributed by atoms with Crippen LogP contribution in [0.4, 0.5) is 5.69 Å². The van der Waals surface area contributed by atoms with E-state index in [1.54, 1.807) is 6.07 Å². The van der Waals surface area contributed by atoms with Crippen LogP contribution in [0.3, 0.4) is 0 Å². The summed E-state index contributed by atoms with van der Waals surface area (Å²) in [6, 6.07) is 13.3. The Morgan fingerprint density at radius 2 is 1.97 bits per heavy atom. The first-order valence-corrected chi connectivity index (χ1v) is 12.2. The van der Waals surface area contributed by atoms with Gasteiger partial charge in [0.2, 0.25) is 5.91 Å². The van der Waals surface area contributed by atoms with E-state index in [0.717, 1.165) is 14.8 Å². The van der Waals surface area contributed by atoms with Crippen molar-refractivity contribution in [3.8, 4) is 5.75 Å². The molecule has 0 saturated heterocycles. The van der Waals surface area contributed by atoms with Crippen molar-refractivity contribution in [2.24, 2.45) is 7.05 Å². The van der Waals surface area contributed by atoms with Gasteiger partial charge in [0.25, 0.3) is 0 Å². The third-order valence-electron chi connectivity index (χ3n) is 4.61. The van der Waals surface area contributed by atoms with Gasteiger partial charge in [-0.15, -0.1) is 10.2 Å². The summed E-state index contributed by atoms with van der Waals surface area (Å²) < 4.78 is 8.91. The monoisotopic (exact) mass is 570 g/mol. The van der Waals surface area contributed by atoms with Gasteiger partial charge in [-0.3, -0.25) is 4.79 Å². The molecular weight excluding hydrogens is 547 g/mol. The molecule has 1 amide bonds. The summed E-state index contributed by atoms with van der Waals surface area (Å²) >= 11 is 9.79. The highest BCUT2D eigenvalue weighted by Crippen LogP contribution is 2.29. The fourth-order valence-electron chi connectivity index (χ4n) is 3.03. The van der Waals surface area contributed by atoms with Crippen LogP contribution in [-0.2, 0) is 11.8 Å². The zero-order valence-electron chi connectivity index (χ0n) is 17.7. The second-order valence-electron chi connectivity index (χ2n) is 7.31. The van der Waals surface area contributed by atoms with Crippen LogP contribution >= 0.6 is 46.0 Å². The standard InChI is InChI=1S/C22H24ClIN4O2S/c1-13(2)16-11-15(24)9-10-18(16)25-20(29)12-31-22-27-26-21(28(22)4)14(3)30-19-8-6-5-7-17(19)23/h5-11,13-14H,12H2,1-4H3,(H,25,29)/t14-/m1/s1. The molecule has 1 aromatic heterocycles. The molecule has 1 heterocycles. The van der Waals surface area contributed by atoms with Gasteiger partial charge in [0.1, 0.15) is 5.75 Å². The summed E-state index contributed by atoms with van der Waals surface area (Å²) in [5, 5.41) is 12.7. The molecule has 0 fully saturated rings. The van der Waals surface area contributed by atoms with Crippen LogP contribution in [0.25, 0.3) is 0 Å². The average molecular weight is 571 g/mol. The number of hydrogen-bond donors (Lipinski definition) is 1. The molecular formula is C22H24ClIN4O2S. The Bertz CT molecular complexity index is 1070. The van der Waals surface area contributed by atoms with E-state index in [2.05, 4.69) is 58.0 Å². The van der Waals surface area contributed by atoms with Crippen molar-refractivity contribution in [2.75, 3.05) is 11.1 Å². The number of amides is 1. The maximum Gasteiger partial charge on any atom is 0.234 e. The van der Waals surface area contributed by atoms with Gasteiger partial charge in [0.05, 0.1) is 10.8 Å². The second-order valence-corrected chi connectivity index (χ2v) is 9.91. The Balaban J connectivity index is 1.62. The number of thioether (sulfide) groups is 1. The molecule has 0 aliphatic carbocycles. The number of benzene rings is 2. The van der Waals surface area contributed by atoms with Crippen LogP contribution in [0, 0.1) is 3.57 Å². The highest BCUT2D eigenvalue weighted by Gasteiger charge is 2.19. The molecule has 1 atom stereocenters. The van der Waals surface area contributed by atoms with E-state index in [4.69, 9.17) is 16.3 Å². The Hall–Kier alpha value is -1.78. The van der Waals surface area contributed by atoms with E-state index < -0.39 is 0 Å². The van der Waals surface area contributed by atoms with Crippen molar-refractivity contribution in [2.45, 2.75) is 37.9 Å². The maximum absolute atomic E-state index is 12.5. The van der Waals surface area contributed by atoms with Gasteiger partial charge in [0, 0.05) is 16.3 Å². The Kier molecular flexibility index (Phi) is 8.23. The van der Waals surface area contributed by atoms with E-state index in [1.807, 2.05) is 48.9 Å². The smallest absolute Gasteiger partial charge is 0.234 e. The normalized spacial score (nSPS) is 12.1. The van der Waals surface area contributed by atoms with Crippen LogP contribution in [0.5, 0.6) is 5.75 Å². The molecule has 0 aliphatic heterocycles. The molecule has 1 N–H and O–H groups in total. The van der Waals surface area contributed by atoms with Crippen molar-refractivity contribution >= 4 is 57.5 Å². The Morgan fingerprint density at radius 3 is 2.68 bits per heavy atom.